The number of fused-ring (bicyclic) bond motifs is 6. The number of rotatable bonds is 27. The van der Waals surface area contributed by atoms with Crippen LogP contribution in [-0.2, 0) is 32.6 Å². The zero-order chi connectivity index (χ0) is 73.4. The van der Waals surface area contributed by atoms with Crippen molar-refractivity contribution >= 4 is 88.3 Å². The Kier molecular flexibility index (Phi) is 23.6. The Balaban J connectivity index is 0.000000138. The molecule has 2 aliphatic rings. The lowest BCUT2D eigenvalue weighted by Gasteiger charge is -2.09. The van der Waals surface area contributed by atoms with Crippen molar-refractivity contribution in [3.05, 3.63) is 239 Å². The molecule has 0 spiro atoms. The first kappa shape index (κ1) is 75.1. The second-order valence-corrected chi connectivity index (χ2v) is 31.2. The van der Waals surface area contributed by atoms with E-state index in [4.69, 9.17) is 0 Å². The van der Waals surface area contributed by atoms with Crippen molar-refractivity contribution in [2.75, 3.05) is 13.3 Å². The van der Waals surface area contributed by atoms with Crippen LogP contribution in [0.4, 0.5) is 8.78 Å². The average Bonchev–Trinajstić information content (AvgIpc) is 1.53. The summed E-state index contributed by atoms with van der Waals surface area (Å²) in [5.41, 5.74) is 12.1. The molecule has 0 amide bonds. The van der Waals surface area contributed by atoms with Gasteiger partial charge >= 0.3 is 0 Å². The first-order valence-electron chi connectivity index (χ1n) is 38.2. The lowest BCUT2D eigenvalue weighted by Crippen LogP contribution is -2.07. The summed E-state index contributed by atoms with van der Waals surface area (Å²) in [5, 5.41) is 8.53. The number of carbonyl (C=O) groups is 4. The Hall–Kier alpha value is -9.02. The summed E-state index contributed by atoms with van der Waals surface area (Å²) in [6.07, 6.45) is 21.1. The number of unbranched alkanes of at least 4 members (excludes halogenated alkanes) is 8. The number of para-hydroxylation sites is 4. The molecule has 2 saturated carbocycles. The molecule has 10 heteroatoms. The number of nitrogens with zero attached hydrogens (tertiary/aromatic N) is 4. The molecule has 103 heavy (non-hydrogen) atoms. The van der Waals surface area contributed by atoms with E-state index in [0.29, 0.717) is 18.6 Å². The predicted octanol–water partition coefficient (Wildman–Crippen LogP) is 24.6. The molecule has 538 valence electrons. The average molecular weight is 1380 g/mol. The zero-order valence-electron chi connectivity index (χ0n) is 63.2. The molecule has 4 heterocycles. The number of alkyl halides is 2. The van der Waals surface area contributed by atoms with Gasteiger partial charge in [-0.05, 0) is 143 Å². The summed E-state index contributed by atoms with van der Waals surface area (Å²) in [7, 11) is 0. The van der Waals surface area contributed by atoms with Crippen LogP contribution in [-0.4, -0.2) is 54.8 Å². The molecule has 0 atom stereocenters. The van der Waals surface area contributed by atoms with Crippen molar-refractivity contribution < 1.29 is 28.0 Å². The van der Waals surface area contributed by atoms with Crippen LogP contribution < -0.4 is 0 Å². The third-order valence-corrected chi connectivity index (χ3v) is 23.8. The van der Waals surface area contributed by atoms with E-state index in [9.17, 15) is 28.0 Å². The molecule has 0 unspecified atom stereocenters. The van der Waals surface area contributed by atoms with Crippen LogP contribution in [0.25, 0.3) is 65.2 Å². The quantitative estimate of drug-likeness (QED) is 0.0379. The number of carbonyl (C=O) groups excluding carboxylic acids is 4. The maximum Gasteiger partial charge on any atom is 0.195 e. The van der Waals surface area contributed by atoms with Gasteiger partial charge in [0.25, 0.3) is 0 Å². The van der Waals surface area contributed by atoms with E-state index in [1.807, 2.05) is 103 Å². The van der Waals surface area contributed by atoms with Crippen molar-refractivity contribution in [2.24, 2.45) is 33.5 Å². The van der Waals surface area contributed by atoms with Crippen molar-refractivity contribution in [1.82, 2.24) is 18.3 Å². The molecule has 2 fully saturated rings. The van der Waals surface area contributed by atoms with Crippen LogP contribution in [0, 0.1) is 40.4 Å². The van der Waals surface area contributed by atoms with Crippen molar-refractivity contribution in [2.45, 2.75) is 193 Å². The van der Waals surface area contributed by atoms with Gasteiger partial charge in [-0.3, -0.25) is 28.0 Å². The van der Waals surface area contributed by atoms with Gasteiger partial charge in [0.2, 0.25) is 0 Å². The van der Waals surface area contributed by atoms with Crippen LogP contribution in [0.15, 0.2) is 195 Å². The fourth-order valence-electron chi connectivity index (χ4n) is 16.5. The van der Waals surface area contributed by atoms with Gasteiger partial charge in [-0.2, -0.15) is 0 Å². The van der Waals surface area contributed by atoms with E-state index in [-0.39, 0.29) is 64.2 Å². The Labute approximate surface area is 609 Å². The molecule has 4 aromatic heterocycles. The highest BCUT2D eigenvalue weighted by molar-refractivity contribution is 6.23. The molecular formula is C93H108F2N4O4. The molecule has 0 aliphatic heterocycles. The molecule has 0 N–H and O–H groups in total. The summed E-state index contributed by atoms with van der Waals surface area (Å²) in [4.78, 5) is 53.5. The molecule has 0 bridgehead atoms. The van der Waals surface area contributed by atoms with E-state index >= 15 is 0 Å². The third-order valence-electron chi connectivity index (χ3n) is 23.8. The van der Waals surface area contributed by atoms with E-state index in [2.05, 4.69) is 193 Å². The molecule has 2 aliphatic carbocycles. The molecular weight excluding hydrogens is 1280 g/mol. The lowest BCUT2D eigenvalue weighted by atomic mass is 9.93. The maximum atomic E-state index is 13.6. The Bertz CT molecular complexity index is 4980. The van der Waals surface area contributed by atoms with E-state index in [0.717, 1.165) is 152 Å². The predicted molar refractivity (Wildman–Crippen MR) is 426 cm³/mol. The summed E-state index contributed by atoms with van der Waals surface area (Å²) in [5.74, 6) is 0.967. The molecule has 8 nitrogen and oxygen atoms in total. The second kappa shape index (κ2) is 32.3. The lowest BCUT2D eigenvalue weighted by molar-refractivity contribution is 0.0938. The van der Waals surface area contributed by atoms with Crippen LogP contribution in [0.1, 0.15) is 217 Å². The van der Waals surface area contributed by atoms with E-state index in [1.165, 1.54) is 54.1 Å². The summed E-state index contributed by atoms with van der Waals surface area (Å²) in [6.45, 7) is 29.4. The first-order valence-corrected chi connectivity index (χ1v) is 38.2. The summed E-state index contributed by atoms with van der Waals surface area (Å²) in [6, 6.07) is 57.2. The number of aryl methyl sites for hydroxylation is 6. The number of hydrogen-bond donors (Lipinski definition) is 0. The van der Waals surface area contributed by atoms with Gasteiger partial charge in [-0.1, -0.05) is 247 Å². The van der Waals surface area contributed by atoms with Gasteiger partial charge in [-0.25, -0.2) is 0 Å². The van der Waals surface area contributed by atoms with Crippen molar-refractivity contribution in [3.8, 4) is 0 Å². The van der Waals surface area contributed by atoms with Gasteiger partial charge in [0.05, 0.1) is 13.3 Å². The van der Waals surface area contributed by atoms with Gasteiger partial charge in [0.1, 0.15) is 0 Å². The highest BCUT2D eigenvalue weighted by Crippen LogP contribution is 2.70. The molecule has 8 aromatic carbocycles. The van der Waals surface area contributed by atoms with Gasteiger partial charge in [-0.15, -0.1) is 0 Å². The van der Waals surface area contributed by atoms with Crippen molar-refractivity contribution in [3.63, 3.8) is 0 Å². The standard InChI is InChI=1S/C26H27NO.C25H24FNO.C21H28FNO.C21H29NO/c1-3-5-10-17-27-18-24(22-13-8-9-14-25(22)27)26(28)23-16-15-19(4-2)20-11-6-7-12-21(20)23;1-18-13-14-22(20-10-4-3-9-19(18)20)25(28)23-17-27(16-8-2-7-15-26)24-12-6-5-11-21(23)24;1-20(2)19(21(20,3)4)18(24)16-14-23(13-9-5-8-12-22)17-11-7-6-10-15(16)17;1-6-7-10-13-22-14-16(15-11-8-9-12-17(15)22)18(23)19-20(2,3)21(19,4)5/h6-9,11-16,18H,3-5,10,17H2,1-2H3;3-6,9-14,17H,2,7-8,15-16H2,1H3;6-7,10-11,14,19H,5,8-9,12-13H2,1-4H3;8-9,11-12,14,19H,6-7,10,13H2,1-5H3. The number of halogens is 2. The van der Waals surface area contributed by atoms with Crippen LogP contribution in [0.2, 0.25) is 0 Å². The van der Waals surface area contributed by atoms with Gasteiger partial charge in [0, 0.05) is 140 Å². The fourth-order valence-corrected chi connectivity index (χ4v) is 16.5. The minimum atomic E-state index is -0.267. The molecule has 0 radical (unpaired) electrons. The molecule has 14 rings (SSSR count). The Morgan fingerprint density at radius 1 is 0.320 bits per heavy atom. The highest BCUT2D eigenvalue weighted by atomic mass is 19.1. The van der Waals surface area contributed by atoms with Crippen LogP contribution >= 0.6 is 0 Å². The minimum absolute atomic E-state index is 0.0500. The van der Waals surface area contributed by atoms with E-state index < -0.39 is 0 Å². The monoisotopic (exact) mass is 1380 g/mol. The van der Waals surface area contributed by atoms with Crippen molar-refractivity contribution in [1.29, 1.82) is 0 Å². The minimum Gasteiger partial charge on any atom is -0.347 e. The third kappa shape index (κ3) is 15.2. The first-order chi connectivity index (χ1) is 49.6. The summed E-state index contributed by atoms with van der Waals surface area (Å²) < 4.78 is 33.5. The topological polar surface area (TPSA) is 88.0 Å². The SMILES string of the molecule is CC1(C)C(C(=O)c2cn(CCCCCF)c3ccccc23)C1(C)C.CCCCCn1cc(C(=O)C2C(C)(C)C2(C)C)c2ccccc21.CCCCCn1cc(C(=O)c2ccc(CC)c3ccccc23)c2ccccc21.Cc1ccc(C(=O)c2cn(CCCCCF)c3ccccc23)c2ccccc12. The number of benzene rings is 8. The normalized spacial score (nSPS) is 14.9. The second-order valence-electron chi connectivity index (χ2n) is 31.2. The highest BCUT2D eigenvalue weighted by Gasteiger charge is 2.69. The zero-order valence-corrected chi connectivity index (χ0v) is 63.2. The Morgan fingerprint density at radius 3 is 0.951 bits per heavy atom. The number of aromatic nitrogens is 4. The van der Waals surface area contributed by atoms with Crippen LogP contribution in [0.3, 0.4) is 0 Å². The van der Waals surface area contributed by atoms with E-state index in [1.54, 1.807) is 0 Å². The number of Topliss-reactive ketones (excluding diaryl/α,β-unsaturated/α-hetero) is 2. The van der Waals surface area contributed by atoms with Gasteiger partial charge < -0.3 is 18.3 Å². The number of hydrogen-bond acceptors (Lipinski definition) is 4. The molecule has 0 saturated heterocycles. The Morgan fingerprint density at radius 2 is 0.612 bits per heavy atom. The fraction of sp³-hybridized carbons (Fsp3) is 0.398. The number of ketones is 4. The summed E-state index contributed by atoms with van der Waals surface area (Å²) >= 11 is 0. The van der Waals surface area contributed by atoms with Crippen LogP contribution in [0.5, 0.6) is 0 Å². The smallest absolute Gasteiger partial charge is 0.195 e. The largest absolute Gasteiger partial charge is 0.347 e. The maximum absolute atomic E-state index is 13.6. The van der Waals surface area contributed by atoms with Gasteiger partial charge in [0.15, 0.2) is 23.1 Å². The molecule has 12 aromatic rings.